The van der Waals surface area contributed by atoms with Gasteiger partial charge in [0.25, 0.3) is 0 Å². The minimum atomic E-state index is -0.407. The van der Waals surface area contributed by atoms with Gasteiger partial charge in [0.2, 0.25) is 5.91 Å². The van der Waals surface area contributed by atoms with E-state index in [1.807, 2.05) is 19.1 Å². The zero-order valence-corrected chi connectivity index (χ0v) is 13.9. The molecule has 1 heterocycles. The lowest BCUT2D eigenvalue weighted by molar-refractivity contribution is -0.117. The first-order valence-electron chi connectivity index (χ1n) is 7.72. The minimum absolute atomic E-state index is 0.128. The molecule has 1 atom stereocenters. The molecule has 1 amide bonds. The predicted molar refractivity (Wildman–Crippen MR) is 92.6 cm³/mol. The molecule has 2 aromatic rings. The Labute approximate surface area is 145 Å². The summed E-state index contributed by atoms with van der Waals surface area (Å²) in [7, 11) is 0. The molecule has 3 nitrogen and oxygen atoms in total. The van der Waals surface area contributed by atoms with Crippen LogP contribution in [-0.4, -0.2) is 12.5 Å². The Morgan fingerprint density at radius 2 is 2.17 bits per heavy atom. The Kier molecular flexibility index (Phi) is 4.86. The second-order valence-corrected chi connectivity index (χ2v) is 6.10. The van der Waals surface area contributed by atoms with Crippen LogP contribution in [0.2, 0.25) is 5.02 Å². The highest BCUT2D eigenvalue weighted by Crippen LogP contribution is 2.28. The molecule has 0 radical (unpaired) electrons. The largest absolute Gasteiger partial charge is 0.493 e. The van der Waals surface area contributed by atoms with E-state index in [1.165, 1.54) is 29.8 Å². The Balaban J connectivity index is 1.64. The van der Waals surface area contributed by atoms with Crippen LogP contribution in [0, 0.1) is 5.82 Å². The molecule has 0 aromatic heterocycles. The molecule has 0 aliphatic carbocycles. The number of carbonyl (C=O) groups excluding carboxylic acids is 1. The maximum absolute atomic E-state index is 13.0. The lowest BCUT2D eigenvalue weighted by Crippen LogP contribution is -2.24. The van der Waals surface area contributed by atoms with E-state index in [0.717, 1.165) is 17.7 Å². The van der Waals surface area contributed by atoms with E-state index in [1.54, 1.807) is 6.08 Å². The Bertz CT molecular complexity index is 804. The van der Waals surface area contributed by atoms with Crippen molar-refractivity contribution in [2.75, 3.05) is 6.61 Å². The fourth-order valence-electron chi connectivity index (χ4n) is 2.62. The van der Waals surface area contributed by atoms with Crippen molar-refractivity contribution < 1.29 is 13.9 Å². The van der Waals surface area contributed by atoms with Crippen molar-refractivity contribution in [1.82, 2.24) is 5.32 Å². The van der Waals surface area contributed by atoms with Crippen molar-refractivity contribution in [3.8, 4) is 5.75 Å². The molecule has 0 bridgehead atoms. The average Bonchev–Trinajstić information content (AvgIpc) is 3.01. The van der Waals surface area contributed by atoms with Crippen LogP contribution in [0.1, 0.15) is 29.7 Å². The molecule has 0 fully saturated rings. The third-order valence-electron chi connectivity index (χ3n) is 3.95. The number of benzene rings is 2. The average molecular weight is 346 g/mol. The van der Waals surface area contributed by atoms with Crippen LogP contribution < -0.4 is 10.1 Å². The smallest absolute Gasteiger partial charge is 0.244 e. The fourth-order valence-corrected chi connectivity index (χ4v) is 2.85. The molecule has 0 saturated carbocycles. The van der Waals surface area contributed by atoms with Crippen molar-refractivity contribution >= 4 is 23.6 Å². The summed E-state index contributed by atoms with van der Waals surface area (Å²) in [6, 6.07) is 9.88. The van der Waals surface area contributed by atoms with Gasteiger partial charge in [-0.3, -0.25) is 4.79 Å². The number of rotatable bonds is 4. The van der Waals surface area contributed by atoms with Crippen LogP contribution in [-0.2, 0) is 11.2 Å². The number of ether oxygens (including phenoxy) is 1. The molecule has 2 aromatic carbocycles. The van der Waals surface area contributed by atoms with Crippen LogP contribution in [0.5, 0.6) is 5.75 Å². The number of fused-ring (bicyclic) bond motifs is 1. The van der Waals surface area contributed by atoms with Gasteiger partial charge in [0, 0.05) is 12.5 Å². The minimum Gasteiger partial charge on any atom is -0.493 e. The van der Waals surface area contributed by atoms with Crippen LogP contribution in [0.15, 0.2) is 42.5 Å². The lowest BCUT2D eigenvalue weighted by atomic mass is 10.0. The third-order valence-corrected chi connectivity index (χ3v) is 4.28. The standard InChI is InChI=1S/C19H17ClFNO2/c1-12(14-3-6-18-15(10-14)8-9-24-18)22-19(23)7-4-13-2-5-16(21)11-17(13)20/h2-7,10-12H,8-9H2,1H3,(H,22,23)/b7-4+. The lowest BCUT2D eigenvalue weighted by Gasteiger charge is -2.14. The summed E-state index contributed by atoms with van der Waals surface area (Å²) in [5, 5.41) is 3.17. The second-order valence-electron chi connectivity index (χ2n) is 5.70. The topological polar surface area (TPSA) is 38.3 Å². The van der Waals surface area contributed by atoms with Gasteiger partial charge < -0.3 is 10.1 Å². The molecule has 1 aliphatic heterocycles. The maximum atomic E-state index is 13.0. The predicted octanol–water partition coefficient (Wildman–Crippen LogP) is 4.30. The molecular formula is C19H17ClFNO2. The third kappa shape index (κ3) is 3.77. The molecular weight excluding hydrogens is 329 g/mol. The van der Waals surface area contributed by atoms with Gasteiger partial charge in [0.05, 0.1) is 17.7 Å². The Morgan fingerprint density at radius 1 is 1.33 bits per heavy atom. The van der Waals surface area contributed by atoms with E-state index in [0.29, 0.717) is 12.2 Å². The number of hydrogen-bond acceptors (Lipinski definition) is 2. The summed E-state index contributed by atoms with van der Waals surface area (Å²) in [5.41, 5.74) is 2.79. The van der Waals surface area contributed by atoms with Crippen molar-refractivity contribution in [1.29, 1.82) is 0 Å². The monoisotopic (exact) mass is 345 g/mol. The van der Waals surface area contributed by atoms with E-state index in [4.69, 9.17) is 16.3 Å². The molecule has 24 heavy (non-hydrogen) atoms. The zero-order valence-electron chi connectivity index (χ0n) is 13.2. The van der Waals surface area contributed by atoms with Gasteiger partial charge in [-0.1, -0.05) is 23.7 Å². The van der Waals surface area contributed by atoms with E-state index in [2.05, 4.69) is 11.4 Å². The van der Waals surface area contributed by atoms with E-state index in [-0.39, 0.29) is 17.0 Å². The summed E-state index contributed by atoms with van der Waals surface area (Å²) < 4.78 is 18.5. The molecule has 5 heteroatoms. The molecule has 1 aliphatic rings. The summed E-state index contributed by atoms with van der Waals surface area (Å²) in [4.78, 5) is 12.1. The van der Waals surface area contributed by atoms with Gasteiger partial charge >= 0.3 is 0 Å². The summed E-state index contributed by atoms with van der Waals surface area (Å²) in [5.74, 6) is 0.276. The Hall–Kier alpha value is -2.33. The number of nitrogens with one attached hydrogen (secondary N) is 1. The molecule has 3 rings (SSSR count). The Morgan fingerprint density at radius 3 is 2.96 bits per heavy atom. The first-order chi connectivity index (χ1) is 11.5. The van der Waals surface area contributed by atoms with E-state index < -0.39 is 5.82 Å². The maximum Gasteiger partial charge on any atom is 0.244 e. The van der Waals surface area contributed by atoms with Gasteiger partial charge in [0.15, 0.2) is 0 Å². The quantitative estimate of drug-likeness (QED) is 0.839. The van der Waals surface area contributed by atoms with Gasteiger partial charge in [-0.05, 0) is 54.0 Å². The van der Waals surface area contributed by atoms with Gasteiger partial charge in [-0.15, -0.1) is 0 Å². The van der Waals surface area contributed by atoms with Gasteiger partial charge in [0.1, 0.15) is 11.6 Å². The van der Waals surface area contributed by atoms with Crippen LogP contribution >= 0.6 is 11.6 Å². The highest BCUT2D eigenvalue weighted by Gasteiger charge is 2.15. The first kappa shape index (κ1) is 16.5. The van der Waals surface area contributed by atoms with Crippen LogP contribution in [0.25, 0.3) is 6.08 Å². The van der Waals surface area contributed by atoms with Gasteiger partial charge in [-0.25, -0.2) is 4.39 Å². The first-order valence-corrected chi connectivity index (χ1v) is 8.10. The van der Waals surface area contributed by atoms with Crippen LogP contribution in [0.3, 0.4) is 0 Å². The summed E-state index contributed by atoms with van der Waals surface area (Å²) in [6.45, 7) is 2.63. The number of carbonyl (C=O) groups is 1. The highest BCUT2D eigenvalue weighted by atomic mass is 35.5. The normalized spacial score (nSPS) is 14.3. The molecule has 124 valence electrons. The number of hydrogen-bond donors (Lipinski definition) is 1. The number of amides is 1. The molecule has 1 N–H and O–H groups in total. The van der Waals surface area contributed by atoms with E-state index >= 15 is 0 Å². The van der Waals surface area contributed by atoms with Crippen molar-refractivity contribution in [3.63, 3.8) is 0 Å². The molecule has 0 spiro atoms. The fraction of sp³-hybridized carbons (Fsp3) is 0.211. The van der Waals surface area contributed by atoms with Crippen molar-refractivity contribution in [3.05, 3.63) is 70.0 Å². The zero-order chi connectivity index (χ0) is 17.1. The SMILES string of the molecule is CC(NC(=O)/C=C/c1ccc(F)cc1Cl)c1ccc2c(c1)CCO2. The summed E-state index contributed by atoms with van der Waals surface area (Å²) in [6.07, 6.45) is 3.86. The molecule has 1 unspecified atom stereocenters. The van der Waals surface area contributed by atoms with Gasteiger partial charge in [-0.2, -0.15) is 0 Å². The number of halogens is 2. The molecule has 0 saturated heterocycles. The second kappa shape index (κ2) is 7.05. The van der Waals surface area contributed by atoms with E-state index in [9.17, 15) is 9.18 Å². The highest BCUT2D eigenvalue weighted by molar-refractivity contribution is 6.32. The van der Waals surface area contributed by atoms with Crippen LogP contribution in [0.4, 0.5) is 4.39 Å². The van der Waals surface area contributed by atoms with Crippen molar-refractivity contribution in [2.45, 2.75) is 19.4 Å². The summed E-state index contributed by atoms with van der Waals surface area (Å²) >= 11 is 5.93. The van der Waals surface area contributed by atoms with Crippen molar-refractivity contribution in [2.24, 2.45) is 0 Å².